The number of anilines is 4. The second-order valence-corrected chi connectivity index (χ2v) is 24.1. The molecule has 2 aromatic heterocycles. The van der Waals surface area contributed by atoms with Crippen LogP contribution in [0.3, 0.4) is 0 Å². The molecule has 14 rings (SSSR count). The Hall–Kier alpha value is -7.98. The van der Waals surface area contributed by atoms with E-state index in [4.69, 9.17) is 9.72 Å². The molecule has 2 aliphatic carbocycles. The second-order valence-electron chi connectivity index (χ2n) is 24.1. The fourth-order valence-electron chi connectivity index (χ4n) is 13.6. The number of benzene rings is 9. The van der Waals surface area contributed by atoms with E-state index in [2.05, 4.69) is 289 Å². The van der Waals surface area contributed by atoms with Crippen molar-refractivity contribution in [3.8, 4) is 50.7 Å². The van der Waals surface area contributed by atoms with E-state index in [1.54, 1.807) is 0 Å². The maximum atomic E-state index is 7.34. The van der Waals surface area contributed by atoms with Gasteiger partial charge in [-0.3, -0.25) is 0 Å². The minimum atomic E-state index is -0.376. The van der Waals surface area contributed by atoms with E-state index in [0.29, 0.717) is 5.75 Å². The average molecular weight is 1210 g/mol. The molecular formula is C73H61N4OPt-3. The van der Waals surface area contributed by atoms with Crippen LogP contribution < -0.4 is 14.5 Å². The Morgan fingerprint density at radius 1 is 0.544 bits per heavy atom. The van der Waals surface area contributed by atoms with Crippen LogP contribution in [0, 0.1) is 18.8 Å². The zero-order chi connectivity index (χ0) is 53.3. The molecule has 0 saturated heterocycles. The molecule has 6 heteroatoms. The Bertz CT molecular complexity index is 4100. The SMILES string of the molecule is CC(C)(C)c1cc(-c2ccccc2)c(N2[CH-]N(c3[c-]c(Oc4[c-]c5c(cc4)c4ccccc4n5-c4cc(C5(C)c6ccccc6-c6ccccc65)ccn4)c4c(c3)C(C)(C)CC4(C)C)c3ccccc32)c(-c2ccccc2)c1.[Pt]. The van der Waals surface area contributed by atoms with Gasteiger partial charge in [-0.15, -0.1) is 53.1 Å². The first-order valence-electron chi connectivity index (χ1n) is 27.4. The molecule has 0 N–H and O–H groups in total. The van der Waals surface area contributed by atoms with Crippen LogP contribution >= 0.6 is 0 Å². The molecule has 9 aromatic carbocycles. The predicted molar refractivity (Wildman–Crippen MR) is 322 cm³/mol. The third kappa shape index (κ3) is 8.02. The van der Waals surface area contributed by atoms with Crippen molar-refractivity contribution in [3.63, 3.8) is 0 Å². The van der Waals surface area contributed by atoms with Crippen molar-refractivity contribution in [1.29, 1.82) is 0 Å². The van der Waals surface area contributed by atoms with Crippen LogP contribution in [0.2, 0.25) is 0 Å². The summed E-state index contributed by atoms with van der Waals surface area (Å²) in [5.74, 6) is 2.17. The minimum absolute atomic E-state index is 0. The summed E-state index contributed by atoms with van der Waals surface area (Å²) >= 11 is 0. The summed E-state index contributed by atoms with van der Waals surface area (Å²) in [6, 6.07) is 80.4. The topological polar surface area (TPSA) is 33.5 Å². The molecule has 5 nitrogen and oxygen atoms in total. The van der Waals surface area contributed by atoms with Crippen molar-refractivity contribution in [1.82, 2.24) is 9.55 Å². The van der Waals surface area contributed by atoms with Gasteiger partial charge in [-0.25, -0.2) is 4.98 Å². The largest absolute Gasteiger partial charge is 0.509 e. The van der Waals surface area contributed by atoms with Gasteiger partial charge in [0, 0.05) is 77.9 Å². The van der Waals surface area contributed by atoms with Crippen LogP contribution in [0.1, 0.15) is 95.2 Å². The zero-order valence-corrected chi connectivity index (χ0v) is 48.2. The number of nitrogens with zero attached hydrogens (tertiary/aromatic N) is 4. The van der Waals surface area contributed by atoms with Crippen LogP contribution in [0.25, 0.3) is 61.0 Å². The van der Waals surface area contributed by atoms with E-state index in [0.717, 1.165) is 62.5 Å². The van der Waals surface area contributed by atoms with Gasteiger partial charge in [-0.05, 0) is 117 Å². The first kappa shape index (κ1) is 50.5. The molecule has 0 bridgehead atoms. The number of rotatable bonds is 8. The van der Waals surface area contributed by atoms with Crippen molar-refractivity contribution in [2.45, 2.75) is 83.5 Å². The summed E-state index contributed by atoms with van der Waals surface area (Å²) in [6.45, 7) is 21.0. The van der Waals surface area contributed by atoms with Gasteiger partial charge in [0.1, 0.15) is 5.82 Å². The fourth-order valence-corrected chi connectivity index (χ4v) is 13.6. The molecule has 79 heavy (non-hydrogen) atoms. The third-order valence-corrected chi connectivity index (χ3v) is 17.1. The molecule has 0 atom stereocenters. The van der Waals surface area contributed by atoms with Crippen molar-refractivity contribution in [2.75, 3.05) is 9.80 Å². The Morgan fingerprint density at radius 2 is 1.13 bits per heavy atom. The number of hydrogen-bond acceptors (Lipinski definition) is 4. The minimum Gasteiger partial charge on any atom is -0.509 e. The molecule has 0 radical (unpaired) electrons. The van der Waals surface area contributed by atoms with Gasteiger partial charge in [-0.2, -0.15) is 6.07 Å². The van der Waals surface area contributed by atoms with Crippen molar-refractivity contribution >= 4 is 44.6 Å². The van der Waals surface area contributed by atoms with Crippen molar-refractivity contribution < 1.29 is 25.8 Å². The molecule has 392 valence electrons. The molecular weight excluding hydrogens is 1140 g/mol. The van der Waals surface area contributed by atoms with E-state index in [-0.39, 0.29) is 42.7 Å². The normalized spacial score (nSPS) is 15.4. The molecule has 1 aliphatic heterocycles. The monoisotopic (exact) mass is 1200 g/mol. The number of ether oxygens (including phenoxy) is 1. The summed E-state index contributed by atoms with van der Waals surface area (Å²) in [5.41, 5.74) is 20.1. The maximum absolute atomic E-state index is 7.34. The standard InChI is InChI=1S/C73H61N4O.Pt/c1-70(2,3)50-39-57(47-23-11-9-12-24-47)69(58(40-50)48-25-13-10-14-26-48)76-46-75(63-33-21-22-34-64(63)76)51-42-61-68(72(6,7)45-71(61,4)5)66(43-51)78-52-35-36-56-55-29-17-20-32-62(55)77(65(56)44-52)67-41-49(37-38-74-67)73(8)59-30-18-15-27-53(59)54-28-16-19-31-60(54)73;/h9-42,46H,45H2,1-8H3;/q-3;. The van der Waals surface area contributed by atoms with Crippen molar-refractivity contribution in [3.05, 3.63) is 259 Å². The van der Waals surface area contributed by atoms with Crippen LogP contribution in [-0.4, -0.2) is 9.55 Å². The Morgan fingerprint density at radius 3 is 1.77 bits per heavy atom. The maximum Gasteiger partial charge on any atom is 0.135 e. The van der Waals surface area contributed by atoms with Gasteiger partial charge in [-0.1, -0.05) is 199 Å². The number of aromatic nitrogens is 2. The summed E-state index contributed by atoms with van der Waals surface area (Å²) in [7, 11) is 0. The molecule has 11 aromatic rings. The summed E-state index contributed by atoms with van der Waals surface area (Å²) in [4.78, 5) is 9.85. The second kappa shape index (κ2) is 18.6. The predicted octanol–water partition coefficient (Wildman–Crippen LogP) is 18.9. The quantitative estimate of drug-likeness (QED) is 0.142. The molecule has 0 spiro atoms. The molecule has 3 heterocycles. The van der Waals surface area contributed by atoms with Gasteiger partial charge < -0.3 is 19.1 Å². The molecule has 0 unspecified atom stereocenters. The van der Waals surface area contributed by atoms with Crippen LogP contribution in [0.4, 0.5) is 22.7 Å². The van der Waals surface area contributed by atoms with E-state index in [1.807, 2.05) is 6.20 Å². The number of hydrogen-bond donors (Lipinski definition) is 0. The number of fused-ring (bicyclic) bond motifs is 8. The zero-order valence-electron chi connectivity index (χ0n) is 45.9. The molecule has 0 fully saturated rings. The Balaban J connectivity index is 0.00000591. The van der Waals surface area contributed by atoms with E-state index < -0.39 is 0 Å². The van der Waals surface area contributed by atoms with Crippen LogP contribution in [0.15, 0.2) is 206 Å². The molecule has 0 amide bonds. The Kier molecular flexibility index (Phi) is 11.9. The van der Waals surface area contributed by atoms with Gasteiger partial charge in [0.2, 0.25) is 0 Å². The van der Waals surface area contributed by atoms with Gasteiger partial charge in [0.25, 0.3) is 0 Å². The van der Waals surface area contributed by atoms with E-state index in [1.165, 1.54) is 66.8 Å². The van der Waals surface area contributed by atoms with E-state index >= 15 is 0 Å². The first-order valence-corrected chi connectivity index (χ1v) is 27.4. The third-order valence-electron chi connectivity index (χ3n) is 17.1. The van der Waals surface area contributed by atoms with Gasteiger partial charge in [0.15, 0.2) is 0 Å². The van der Waals surface area contributed by atoms with E-state index in [9.17, 15) is 0 Å². The summed E-state index contributed by atoms with van der Waals surface area (Å²) in [6.07, 6.45) is 2.93. The smallest absolute Gasteiger partial charge is 0.135 e. The van der Waals surface area contributed by atoms with Gasteiger partial charge >= 0.3 is 0 Å². The van der Waals surface area contributed by atoms with Crippen LogP contribution in [0.5, 0.6) is 11.5 Å². The fraction of sp³-hybridized carbons (Fsp3) is 0.178. The summed E-state index contributed by atoms with van der Waals surface area (Å²) in [5, 5.41) is 2.22. The first-order chi connectivity index (χ1) is 37.7. The van der Waals surface area contributed by atoms with Crippen LogP contribution in [-0.2, 0) is 42.7 Å². The number of para-hydroxylation sites is 3. The number of pyridine rings is 1. The summed E-state index contributed by atoms with van der Waals surface area (Å²) < 4.78 is 9.61. The molecule has 0 saturated carbocycles. The average Bonchev–Trinajstić information content (AvgIpc) is 4.12. The van der Waals surface area contributed by atoms with Crippen molar-refractivity contribution in [2.24, 2.45) is 0 Å². The Labute approximate surface area is 479 Å². The molecule has 3 aliphatic rings. The van der Waals surface area contributed by atoms with Gasteiger partial charge in [0.05, 0.1) is 0 Å².